The SMILES string of the molecule is O=C(O)Cc1ncoc1-c1ccco1. The van der Waals surface area contributed by atoms with Gasteiger partial charge in [0, 0.05) is 0 Å². The number of carbonyl (C=O) groups is 1. The van der Waals surface area contributed by atoms with Crippen molar-refractivity contribution in [3.8, 4) is 11.5 Å². The van der Waals surface area contributed by atoms with Crippen LogP contribution in [0, 0.1) is 0 Å². The molecule has 1 N–H and O–H groups in total. The van der Waals surface area contributed by atoms with Crippen molar-refractivity contribution in [1.29, 1.82) is 0 Å². The molecule has 5 heteroatoms. The van der Waals surface area contributed by atoms with Gasteiger partial charge in [-0.05, 0) is 12.1 Å². The number of carboxylic acid groups (broad SMARTS) is 1. The highest BCUT2D eigenvalue weighted by molar-refractivity contribution is 5.72. The van der Waals surface area contributed by atoms with E-state index in [9.17, 15) is 4.79 Å². The first kappa shape index (κ1) is 8.55. The topological polar surface area (TPSA) is 76.5 Å². The van der Waals surface area contributed by atoms with E-state index in [1.807, 2.05) is 0 Å². The second-order valence-corrected chi connectivity index (χ2v) is 2.68. The fourth-order valence-electron chi connectivity index (χ4n) is 1.15. The first-order chi connectivity index (χ1) is 6.77. The van der Waals surface area contributed by atoms with Gasteiger partial charge in [-0.25, -0.2) is 4.98 Å². The van der Waals surface area contributed by atoms with Gasteiger partial charge in [-0.3, -0.25) is 4.79 Å². The molecule has 0 saturated heterocycles. The third-order valence-corrected chi connectivity index (χ3v) is 1.70. The molecule has 0 bridgehead atoms. The van der Waals surface area contributed by atoms with Crippen molar-refractivity contribution in [2.24, 2.45) is 0 Å². The summed E-state index contributed by atoms with van der Waals surface area (Å²) in [6.07, 6.45) is 2.52. The van der Waals surface area contributed by atoms with E-state index in [0.29, 0.717) is 17.2 Å². The maximum Gasteiger partial charge on any atom is 0.309 e. The molecule has 0 saturated carbocycles. The van der Waals surface area contributed by atoms with Crippen LogP contribution >= 0.6 is 0 Å². The molecule has 0 atom stereocenters. The number of furan rings is 1. The maximum atomic E-state index is 10.5. The molecule has 0 aliphatic rings. The lowest BCUT2D eigenvalue weighted by Crippen LogP contribution is -2.01. The normalized spacial score (nSPS) is 10.3. The standard InChI is InChI=1S/C9H7NO4/c11-8(12)4-6-9(14-5-10-6)7-2-1-3-13-7/h1-3,5H,4H2,(H,11,12). The Morgan fingerprint density at radius 1 is 1.50 bits per heavy atom. The molecule has 2 aromatic rings. The number of aromatic nitrogens is 1. The number of carboxylic acids is 1. The molecular weight excluding hydrogens is 186 g/mol. The van der Waals surface area contributed by atoms with Crippen LogP contribution in [0.4, 0.5) is 0 Å². The molecule has 2 aromatic heterocycles. The van der Waals surface area contributed by atoms with E-state index < -0.39 is 5.97 Å². The van der Waals surface area contributed by atoms with Crippen LogP contribution in [-0.2, 0) is 11.2 Å². The van der Waals surface area contributed by atoms with Gasteiger partial charge in [0.1, 0.15) is 5.69 Å². The zero-order chi connectivity index (χ0) is 9.97. The number of hydrogen-bond donors (Lipinski definition) is 1. The van der Waals surface area contributed by atoms with Crippen molar-refractivity contribution < 1.29 is 18.7 Å². The van der Waals surface area contributed by atoms with E-state index in [2.05, 4.69) is 4.98 Å². The van der Waals surface area contributed by atoms with Gasteiger partial charge in [0.2, 0.25) is 0 Å². The number of nitrogens with zero attached hydrogens (tertiary/aromatic N) is 1. The first-order valence-electron chi connectivity index (χ1n) is 3.95. The zero-order valence-corrected chi connectivity index (χ0v) is 7.14. The fraction of sp³-hybridized carbons (Fsp3) is 0.111. The van der Waals surface area contributed by atoms with Crippen molar-refractivity contribution >= 4 is 5.97 Å². The maximum absolute atomic E-state index is 10.5. The van der Waals surface area contributed by atoms with Crippen molar-refractivity contribution in [3.05, 3.63) is 30.5 Å². The van der Waals surface area contributed by atoms with Crippen molar-refractivity contribution in [2.45, 2.75) is 6.42 Å². The molecule has 0 aliphatic carbocycles. The van der Waals surface area contributed by atoms with E-state index in [1.165, 1.54) is 12.7 Å². The van der Waals surface area contributed by atoms with Gasteiger partial charge in [-0.15, -0.1) is 0 Å². The first-order valence-corrected chi connectivity index (χ1v) is 3.95. The van der Waals surface area contributed by atoms with Gasteiger partial charge < -0.3 is 13.9 Å². The highest BCUT2D eigenvalue weighted by Gasteiger charge is 2.15. The van der Waals surface area contributed by atoms with Gasteiger partial charge in [-0.2, -0.15) is 0 Å². The van der Waals surface area contributed by atoms with Crippen molar-refractivity contribution in [2.75, 3.05) is 0 Å². The Bertz CT molecular complexity index is 429. The van der Waals surface area contributed by atoms with E-state index in [-0.39, 0.29) is 6.42 Å². The zero-order valence-electron chi connectivity index (χ0n) is 7.14. The summed E-state index contributed by atoms with van der Waals surface area (Å²) in [7, 11) is 0. The Labute approximate surface area is 79.0 Å². The van der Waals surface area contributed by atoms with Crippen LogP contribution in [0.2, 0.25) is 0 Å². The van der Waals surface area contributed by atoms with E-state index >= 15 is 0 Å². The number of rotatable bonds is 3. The third kappa shape index (κ3) is 1.52. The molecule has 0 unspecified atom stereocenters. The predicted molar refractivity (Wildman–Crippen MR) is 45.5 cm³/mol. The molecule has 0 aliphatic heterocycles. The summed E-state index contributed by atoms with van der Waals surface area (Å²) < 4.78 is 10.1. The molecular formula is C9H7NO4. The van der Waals surface area contributed by atoms with Gasteiger partial charge in [-0.1, -0.05) is 0 Å². The molecule has 2 rings (SSSR count). The van der Waals surface area contributed by atoms with Crippen LogP contribution in [-0.4, -0.2) is 16.1 Å². The average molecular weight is 193 g/mol. The summed E-state index contributed by atoms with van der Waals surface area (Å²) in [5.74, 6) is -0.0946. The highest BCUT2D eigenvalue weighted by atomic mass is 16.4. The Hall–Kier alpha value is -2.04. The molecule has 0 aromatic carbocycles. The van der Waals surface area contributed by atoms with Crippen molar-refractivity contribution in [3.63, 3.8) is 0 Å². The molecule has 72 valence electrons. The van der Waals surface area contributed by atoms with E-state index in [0.717, 1.165) is 0 Å². The minimum Gasteiger partial charge on any atom is -0.481 e. The molecule has 0 radical (unpaired) electrons. The predicted octanol–water partition coefficient (Wildman–Crippen LogP) is 1.56. The quantitative estimate of drug-likeness (QED) is 0.800. The number of aliphatic carboxylic acids is 1. The number of hydrogen-bond acceptors (Lipinski definition) is 4. The fourth-order valence-corrected chi connectivity index (χ4v) is 1.15. The Morgan fingerprint density at radius 3 is 3.00 bits per heavy atom. The Balaban J connectivity index is 2.35. The third-order valence-electron chi connectivity index (χ3n) is 1.70. The van der Waals surface area contributed by atoms with Crippen LogP contribution in [0.15, 0.2) is 33.6 Å². The minimum absolute atomic E-state index is 0.174. The van der Waals surface area contributed by atoms with Crippen LogP contribution in [0.25, 0.3) is 11.5 Å². The summed E-state index contributed by atoms with van der Waals surface area (Å²) in [6.45, 7) is 0. The molecule has 5 nitrogen and oxygen atoms in total. The smallest absolute Gasteiger partial charge is 0.309 e. The summed E-state index contributed by atoms with van der Waals surface area (Å²) >= 11 is 0. The lowest BCUT2D eigenvalue weighted by atomic mass is 10.2. The van der Waals surface area contributed by atoms with Crippen molar-refractivity contribution in [1.82, 2.24) is 4.98 Å². The van der Waals surface area contributed by atoms with Gasteiger partial charge in [0.15, 0.2) is 17.9 Å². The monoisotopic (exact) mass is 193 g/mol. The molecule has 14 heavy (non-hydrogen) atoms. The summed E-state index contributed by atoms with van der Waals surface area (Å²) in [4.78, 5) is 14.3. The summed E-state index contributed by atoms with van der Waals surface area (Å²) in [6, 6.07) is 3.38. The second kappa shape index (κ2) is 3.37. The molecule has 0 fully saturated rings. The van der Waals surface area contributed by atoms with Gasteiger partial charge in [0.05, 0.1) is 12.7 Å². The largest absolute Gasteiger partial charge is 0.481 e. The van der Waals surface area contributed by atoms with Crippen LogP contribution < -0.4 is 0 Å². The van der Waals surface area contributed by atoms with Gasteiger partial charge >= 0.3 is 5.97 Å². The Kier molecular flexibility index (Phi) is 2.06. The molecule has 2 heterocycles. The lowest BCUT2D eigenvalue weighted by Gasteiger charge is -1.93. The van der Waals surface area contributed by atoms with Gasteiger partial charge in [0.25, 0.3) is 0 Å². The highest BCUT2D eigenvalue weighted by Crippen LogP contribution is 2.23. The van der Waals surface area contributed by atoms with Crippen LogP contribution in [0.1, 0.15) is 5.69 Å². The summed E-state index contributed by atoms with van der Waals surface area (Å²) in [5, 5.41) is 8.59. The summed E-state index contributed by atoms with van der Waals surface area (Å²) in [5.41, 5.74) is 0.368. The Morgan fingerprint density at radius 2 is 2.36 bits per heavy atom. The average Bonchev–Trinajstić information content (AvgIpc) is 2.70. The van der Waals surface area contributed by atoms with E-state index in [1.54, 1.807) is 12.1 Å². The van der Waals surface area contributed by atoms with E-state index in [4.69, 9.17) is 13.9 Å². The lowest BCUT2D eigenvalue weighted by molar-refractivity contribution is -0.136. The van der Waals surface area contributed by atoms with Crippen LogP contribution in [0.5, 0.6) is 0 Å². The second-order valence-electron chi connectivity index (χ2n) is 2.68. The minimum atomic E-state index is -0.952. The number of oxazole rings is 1. The molecule has 0 amide bonds. The van der Waals surface area contributed by atoms with Crippen LogP contribution in [0.3, 0.4) is 0 Å². The molecule has 0 spiro atoms.